The van der Waals surface area contributed by atoms with Crippen molar-refractivity contribution >= 4 is 26.7 Å². The number of anilines is 1. The van der Waals surface area contributed by atoms with Gasteiger partial charge in [0.05, 0.1) is 23.5 Å². The van der Waals surface area contributed by atoms with Gasteiger partial charge in [-0.3, -0.25) is 9.52 Å². The summed E-state index contributed by atoms with van der Waals surface area (Å²) in [7, 11) is -1.81. The molecular formula is C24H26N4O3S. The Labute approximate surface area is 187 Å². The summed E-state index contributed by atoms with van der Waals surface area (Å²) in [5.41, 5.74) is 5.09. The number of aromatic nitrogens is 3. The molecule has 0 radical (unpaired) electrons. The largest absolute Gasteiger partial charge is 0.321 e. The third-order valence-corrected chi connectivity index (χ3v) is 6.22. The molecule has 1 unspecified atom stereocenters. The molecule has 0 fully saturated rings. The molecular weight excluding hydrogens is 424 g/mol. The maximum atomic E-state index is 12.2. The van der Waals surface area contributed by atoms with Crippen molar-refractivity contribution in [2.75, 3.05) is 11.0 Å². The lowest BCUT2D eigenvalue weighted by molar-refractivity contribution is 0.607. The lowest BCUT2D eigenvalue weighted by Gasteiger charge is -2.18. The number of sulfonamides is 1. The van der Waals surface area contributed by atoms with Crippen LogP contribution < -0.4 is 10.3 Å². The summed E-state index contributed by atoms with van der Waals surface area (Å²) in [4.78, 5) is 16.9. The number of nitrogens with zero attached hydrogens (tertiary/aromatic N) is 3. The minimum Gasteiger partial charge on any atom is -0.321 e. The molecule has 2 aromatic heterocycles. The monoisotopic (exact) mass is 450 g/mol. The number of fused-ring (bicyclic) bond motifs is 1. The molecule has 2 aromatic carbocycles. The Morgan fingerprint density at radius 2 is 1.72 bits per heavy atom. The van der Waals surface area contributed by atoms with Crippen molar-refractivity contribution in [2.24, 2.45) is 7.05 Å². The Kier molecular flexibility index (Phi) is 5.42. The summed E-state index contributed by atoms with van der Waals surface area (Å²) < 4.78 is 30.5. The fourth-order valence-corrected chi connectivity index (χ4v) is 4.71. The van der Waals surface area contributed by atoms with Crippen molar-refractivity contribution in [1.82, 2.24) is 14.1 Å². The SMILES string of the molecule is Cc1cc(-c2cc(NS(C)(=O)=O)c3nc(C)n(C(C)c4ccccc4)c3c2)cn(C)c1=O. The van der Waals surface area contributed by atoms with E-state index in [0.29, 0.717) is 16.8 Å². The van der Waals surface area contributed by atoms with Gasteiger partial charge >= 0.3 is 0 Å². The van der Waals surface area contributed by atoms with Gasteiger partial charge in [-0.2, -0.15) is 0 Å². The molecule has 4 aromatic rings. The molecule has 7 nitrogen and oxygen atoms in total. The van der Waals surface area contributed by atoms with E-state index in [1.807, 2.05) is 37.3 Å². The third kappa shape index (κ3) is 4.05. The van der Waals surface area contributed by atoms with Gasteiger partial charge in [-0.15, -0.1) is 0 Å². The van der Waals surface area contributed by atoms with E-state index in [0.717, 1.165) is 34.3 Å². The summed E-state index contributed by atoms with van der Waals surface area (Å²) in [6.07, 6.45) is 2.88. The zero-order valence-corrected chi connectivity index (χ0v) is 19.6. The second kappa shape index (κ2) is 7.94. The maximum Gasteiger partial charge on any atom is 0.253 e. The number of rotatable bonds is 5. The van der Waals surface area contributed by atoms with Gasteiger partial charge in [-0.1, -0.05) is 30.3 Å². The first-order valence-electron chi connectivity index (χ1n) is 10.3. The van der Waals surface area contributed by atoms with E-state index in [9.17, 15) is 13.2 Å². The molecule has 4 rings (SSSR count). The van der Waals surface area contributed by atoms with E-state index in [2.05, 4.69) is 28.3 Å². The molecule has 8 heteroatoms. The predicted molar refractivity (Wildman–Crippen MR) is 129 cm³/mol. The smallest absolute Gasteiger partial charge is 0.253 e. The first-order chi connectivity index (χ1) is 15.0. The highest BCUT2D eigenvalue weighted by Gasteiger charge is 2.20. The number of hydrogen-bond acceptors (Lipinski definition) is 4. The highest BCUT2D eigenvalue weighted by atomic mass is 32.2. The fourth-order valence-electron chi connectivity index (χ4n) is 4.16. The Hall–Kier alpha value is -3.39. The minimum atomic E-state index is -3.52. The van der Waals surface area contributed by atoms with E-state index >= 15 is 0 Å². The molecule has 0 saturated heterocycles. The molecule has 0 spiro atoms. The molecule has 0 bridgehead atoms. The van der Waals surface area contributed by atoms with E-state index in [1.165, 1.54) is 4.57 Å². The van der Waals surface area contributed by atoms with E-state index in [1.54, 1.807) is 26.2 Å². The molecule has 1 N–H and O–H groups in total. The van der Waals surface area contributed by atoms with Gasteiger partial charge < -0.3 is 9.13 Å². The molecule has 1 atom stereocenters. The Bertz CT molecular complexity index is 1460. The highest BCUT2D eigenvalue weighted by molar-refractivity contribution is 7.92. The molecule has 166 valence electrons. The van der Waals surface area contributed by atoms with Crippen LogP contribution in [0.15, 0.2) is 59.5 Å². The normalized spacial score (nSPS) is 12.8. The second-order valence-electron chi connectivity index (χ2n) is 8.21. The van der Waals surface area contributed by atoms with Crippen LogP contribution in [-0.4, -0.2) is 28.8 Å². The summed E-state index contributed by atoms with van der Waals surface area (Å²) in [6, 6.07) is 15.7. The Balaban J connectivity index is 2.02. The molecule has 0 aliphatic heterocycles. The standard InChI is InChI=1S/C24H26N4O3S/c1-15-11-20(14-27(4)24(15)29)19-12-21(26-32(5,30)31)23-22(13-19)28(17(3)25-23)16(2)18-9-7-6-8-10-18/h6-14,16,26H,1-5H3. The van der Waals surface area contributed by atoms with Gasteiger partial charge in [0.25, 0.3) is 5.56 Å². The summed E-state index contributed by atoms with van der Waals surface area (Å²) >= 11 is 0. The van der Waals surface area contributed by atoms with Gasteiger partial charge in [0.1, 0.15) is 11.3 Å². The average molecular weight is 451 g/mol. The minimum absolute atomic E-state index is 0.00982. The van der Waals surface area contributed by atoms with Crippen molar-refractivity contribution in [2.45, 2.75) is 26.8 Å². The van der Waals surface area contributed by atoms with E-state index in [-0.39, 0.29) is 11.6 Å². The lowest BCUT2D eigenvalue weighted by Crippen LogP contribution is -2.18. The van der Waals surface area contributed by atoms with Crippen LogP contribution >= 0.6 is 0 Å². The van der Waals surface area contributed by atoms with Crippen LogP contribution in [0.4, 0.5) is 5.69 Å². The topological polar surface area (TPSA) is 86.0 Å². The summed E-state index contributed by atoms with van der Waals surface area (Å²) in [6.45, 7) is 5.78. The predicted octanol–water partition coefficient (Wildman–Crippen LogP) is 4.00. The summed E-state index contributed by atoms with van der Waals surface area (Å²) in [5, 5.41) is 0. The number of imidazole rings is 1. The zero-order valence-electron chi connectivity index (χ0n) is 18.7. The van der Waals surface area contributed by atoms with Crippen molar-refractivity contribution in [3.8, 4) is 11.1 Å². The zero-order chi connectivity index (χ0) is 23.2. The molecule has 0 amide bonds. The van der Waals surface area contributed by atoms with Crippen molar-refractivity contribution in [1.29, 1.82) is 0 Å². The first kappa shape index (κ1) is 21.8. The molecule has 32 heavy (non-hydrogen) atoms. The first-order valence-corrected chi connectivity index (χ1v) is 12.2. The van der Waals surface area contributed by atoms with Gasteiger partial charge in [0, 0.05) is 18.8 Å². The summed E-state index contributed by atoms with van der Waals surface area (Å²) in [5.74, 6) is 0.779. The Morgan fingerprint density at radius 1 is 1.03 bits per heavy atom. The quantitative estimate of drug-likeness (QED) is 0.498. The molecule has 2 heterocycles. The molecule has 0 aliphatic rings. The number of benzene rings is 2. The number of aryl methyl sites for hydroxylation is 3. The van der Waals surface area contributed by atoms with Gasteiger partial charge in [0.15, 0.2) is 0 Å². The fraction of sp³-hybridized carbons (Fsp3) is 0.250. The molecule has 0 aliphatic carbocycles. The van der Waals surface area contributed by atoms with Crippen LogP contribution in [0.2, 0.25) is 0 Å². The van der Waals surface area contributed by atoms with Gasteiger partial charge in [0.2, 0.25) is 10.0 Å². The van der Waals surface area contributed by atoms with Crippen LogP contribution in [0.1, 0.15) is 29.9 Å². The van der Waals surface area contributed by atoms with Crippen molar-refractivity contribution in [3.05, 3.63) is 82.0 Å². The van der Waals surface area contributed by atoms with Gasteiger partial charge in [-0.05, 0) is 55.7 Å². The number of nitrogens with one attached hydrogen (secondary N) is 1. The lowest BCUT2D eigenvalue weighted by atomic mass is 10.0. The Morgan fingerprint density at radius 3 is 2.34 bits per heavy atom. The number of pyridine rings is 1. The number of hydrogen-bond donors (Lipinski definition) is 1. The average Bonchev–Trinajstić information content (AvgIpc) is 3.06. The third-order valence-electron chi connectivity index (χ3n) is 5.63. The second-order valence-corrected chi connectivity index (χ2v) is 9.96. The van der Waals surface area contributed by atoms with Crippen LogP contribution in [0.25, 0.3) is 22.2 Å². The maximum absolute atomic E-state index is 12.2. The molecule has 0 saturated carbocycles. The van der Waals surface area contributed by atoms with Crippen LogP contribution in [0, 0.1) is 13.8 Å². The highest BCUT2D eigenvalue weighted by Crippen LogP contribution is 2.34. The van der Waals surface area contributed by atoms with Crippen LogP contribution in [0.3, 0.4) is 0 Å². The van der Waals surface area contributed by atoms with Crippen LogP contribution in [-0.2, 0) is 17.1 Å². The van der Waals surface area contributed by atoms with Crippen molar-refractivity contribution < 1.29 is 8.42 Å². The van der Waals surface area contributed by atoms with Crippen LogP contribution in [0.5, 0.6) is 0 Å². The van der Waals surface area contributed by atoms with E-state index < -0.39 is 10.0 Å². The van der Waals surface area contributed by atoms with Crippen molar-refractivity contribution in [3.63, 3.8) is 0 Å². The van der Waals surface area contributed by atoms with E-state index in [4.69, 9.17) is 4.98 Å². The van der Waals surface area contributed by atoms with Gasteiger partial charge in [-0.25, -0.2) is 13.4 Å².